The Kier molecular flexibility index (Phi) is 5.05. The minimum Gasteiger partial charge on any atom is -0.300 e. The van der Waals surface area contributed by atoms with Crippen LogP contribution in [0.1, 0.15) is 18.9 Å². The predicted octanol–water partition coefficient (Wildman–Crippen LogP) is 3.55. The van der Waals surface area contributed by atoms with E-state index in [2.05, 4.69) is 0 Å². The summed E-state index contributed by atoms with van der Waals surface area (Å²) in [6.45, 7) is 1.63. The fourth-order valence-corrected chi connectivity index (χ4v) is 2.12. The van der Waals surface area contributed by atoms with Gasteiger partial charge in [0.1, 0.15) is 5.78 Å². The maximum Gasteiger partial charge on any atom is 0.130 e. The largest absolute Gasteiger partial charge is 0.300 e. The van der Waals surface area contributed by atoms with Gasteiger partial charge >= 0.3 is 0 Å². The summed E-state index contributed by atoms with van der Waals surface area (Å²) in [6.07, 6.45) is 0.665. The number of ketones is 1. The highest BCUT2D eigenvalue weighted by Crippen LogP contribution is 2.15. The van der Waals surface area contributed by atoms with Crippen molar-refractivity contribution in [3.63, 3.8) is 0 Å². The van der Waals surface area contributed by atoms with Crippen LogP contribution in [0.3, 0.4) is 0 Å². The molecule has 1 rings (SSSR count). The van der Waals surface area contributed by atoms with Crippen LogP contribution in [0.4, 0.5) is 0 Å². The number of thioether (sulfide) groups is 1. The molecule has 0 aromatic heterocycles. The standard InChI is InChI=1S/C11H13ClOS/c1-9(13)6-7-14-8-10-2-4-11(12)5-3-10/h2-5H,6-8H2,1H3. The maximum absolute atomic E-state index is 10.7. The van der Waals surface area contributed by atoms with Gasteiger partial charge in [-0.2, -0.15) is 11.8 Å². The van der Waals surface area contributed by atoms with Crippen molar-refractivity contribution in [2.24, 2.45) is 0 Å². The Balaban J connectivity index is 2.25. The van der Waals surface area contributed by atoms with Crippen LogP contribution in [0.5, 0.6) is 0 Å². The van der Waals surface area contributed by atoms with Crippen molar-refractivity contribution in [1.82, 2.24) is 0 Å². The second kappa shape index (κ2) is 6.10. The zero-order chi connectivity index (χ0) is 10.4. The Labute approximate surface area is 93.8 Å². The molecule has 0 fully saturated rings. The summed E-state index contributed by atoms with van der Waals surface area (Å²) < 4.78 is 0. The number of carbonyl (C=O) groups excluding carboxylic acids is 1. The Morgan fingerprint density at radius 1 is 1.36 bits per heavy atom. The van der Waals surface area contributed by atoms with Crippen molar-refractivity contribution in [3.05, 3.63) is 34.9 Å². The molecular formula is C11H13ClOS. The fraction of sp³-hybridized carbons (Fsp3) is 0.364. The quantitative estimate of drug-likeness (QED) is 0.717. The summed E-state index contributed by atoms with van der Waals surface area (Å²) >= 11 is 7.54. The van der Waals surface area contributed by atoms with Crippen LogP contribution >= 0.6 is 23.4 Å². The van der Waals surface area contributed by atoms with E-state index in [0.29, 0.717) is 6.42 Å². The number of Topliss-reactive ketones (excluding diaryl/α,β-unsaturated/α-hetero) is 1. The van der Waals surface area contributed by atoms with E-state index in [0.717, 1.165) is 16.5 Å². The molecule has 1 nitrogen and oxygen atoms in total. The van der Waals surface area contributed by atoms with E-state index in [1.165, 1.54) is 5.56 Å². The first-order chi connectivity index (χ1) is 6.68. The number of halogens is 1. The molecule has 0 atom stereocenters. The van der Waals surface area contributed by atoms with Crippen molar-refractivity contribution in [2.75, 3.05) is 5.75 Å². The highest BCUT2D eigenvalue weighted by Gasteiger charge is 1.96. The van der Waals surface area contributed by atoms with Crippen LogP contribution in [0.25, 0.3) is 0 Å². The van der Waals surface area contributed by atoms with Crippen molar-refractivity contribution in [3.8, 4) is 0 Å². The fourth-order valence-electron chi connectivity index (χ4n) is 0.987. The zero-order valence-electron chi connectivity index (χ0n) is 8.13. The number of hydrogen-bond acceptors (Lipinski definition) is 2. The van der Waals surface area contributed by atoms with E-state index in [1.54, 1.807) is 18.7 Å². The molecule has 3 heteroatoms. The molecule has 0 unspecified atom stereocenters. The molecule has 0 saturated carbocycles. The molecule has 1 aromatic rings. The molecule has 0 aliphatic heterocycles. The summed E-state index contributed by atoms with van der Waals surface area (Å²) in [6, 6.07) is 7.82. The molecule has 0 aliphatic carbocycles. The van der Waals surface area contributed by atoms with Crippen molar-refractivity contribution in [1.29, 1.82) is 0 Å². The lowest BCUT2D eigenvalue weighted by Crippen LogP contribution is -1.92. The van der Waals surface area contributed by atoms with E-state index < -0.39 is 0 Å². The van der Waals surface area contributed by atoms with Gasteiger partial charge in [-0.05, 0) is 24.6 Å². The SMILES string of the molecule is CC(=O)CCSCc1ccc(Cl)cc1. The first-order valence-electron chi connectivity index (χ1n) is 4.50. The molecule has 1 aromatic carbocycles. The number of rotatable bonds is 5. The molecule has 0 bridgehead atoms. The minimum atomic E-state index is 0.258. The average Bonchev–Trinajstić information content (AvgIpc) is 2.15. The molecular weight excluding hydrogens is 216 g/mol. The third kappa shape index (κ3) is 4.68. The van der Waals surface area contributed by atoms with E-state index >= 15 is 0 Å². The topological polar surface area (TPSA) is 17.1 Å². The highest BCUT2D eigenvalue weighted by molar-refractivity contribution is 7.98. The third-order valence-electron chi connectivity index (χ3n) is 1.78. The Bertz CT molecular complexity index is 295. The van der Waals surface area contributed by atoms with Crippen molar-refractivity contribution in [2.45, 2.75) is 19.1 Å². The van der Waals surface area contributed by atoms with Gasteiger partial charge in [0.25, 0.3) is 0 Å². The van der Waals surface area contributed by atoms with E-state index in [1.807, 2.05) is 24.3 Å². The Morgan fingerprint density at radius 3 is 2.57 bits per heavy atom. The second-order valence-corrected chi connectivity index (χ2v) is 4.67. The first kappa shape index (κ1) is 11.6. The number of hydrogen-bond donors (Lipinski definition) is 0. The van der Waals surface area contributed by atoms with Crippen LogP contribution < -0.4 is 0 Å². The van der Waals surface area contributed by atoms with Gasteiger partial charge < -0.3 is 0 Å². The molecule has 0 N–H and O–H groups in total. The maximum atomic E-state index is 10.7. The van der Waals surface area contributed by atoms with Gasteiger partial charge in [-0.1, -0.05) is 23.7 Å². The summed E-state index contributed by atoms with van der Waals surface area (Å²) in [5.74, 6) is 2.11. The monoisotopic (exact) mass is 228 g/mol. The summed E-state index contributed by atoms with van der Waals surface area (Å²) in [5.41, 5.74) is 1.25. The summed E-state index contributed by atoms with van der Waals surface area (Å²) in [4.78, 5) is 10.7. The zero-order valence-corrected chi connectivity index (χ0v) is 9.70. The number of carbonyl (C=O) groups is 1. The lowest BCUT2D eigenvalue weighted by Gasteiger charge is -2.00. The van der Waals surface area contributed by atoms with Gasteiger partial charge in [0.2, 0.25) is 0 Å². The number of benzene rings is 1. The summed E-state index contributed by atoms with van der Waals surface area (Å²) in [5, 5.41) is 0.766. The average molecular weight is 229 g/mol. The molecule has 0 spiro atoms. The van der Waals surface area contributed by atoms with E-state index in [4.69, 9.17) is 11.6 Å². The molecule has 0 saturated heterocycles. The van der Waals surface area contributed by atoms with Gasteiger partial charge in [0, 0.05) is 22.9 Å². The van der Waals surface area contributed by atoms with Crippen LogP contribution in [0.2, 0.25) is 5.02 Å². The van der Waals surface area contributed by atoms with Crippen LogP contribution in [-0.4, -0.2) is 11.5 Å². The Morgan fingerprint density at radius 2 is 2.00 bits per heavy atom. The minimum absolute atomic E-state index is 0.258. The molecule has 0 aliphatic rings. The smallest absolute Gasteiger partial charge is 0.130 e. The van der Waals surface area contributed by atoms with Crippen LogP contribution in [-0.2, 0) is 10.5 Å². The first-order valence-corrected chi connectivity index (χ1v) is 6.03. The van der Waals surface area contributed by atoms with Gasteiger partial charge in [-0.15, -0.1) is 0 Å². The van der Waals surface area contributed by atoms with Gasteiger partial charge in [0.05, 0.1) is 0 Å². The van der Waals surface area contributed by atoms with Crippen molar-refractivity contribution >= 4 is 29.1 Å². The van der Waals surface area contributed by atoms with Gasteiger partial charge in [0.15, 0.2) is 0 Å². The van der Waals surface area contributed by atoms with Gasteiger partial charge in [-0.25, -0.2) is 0 Å². The summed E-state index contributed by atoms with van der Waals surface area (Å²) in [7, 11) is 0. The molecule has 0 amide bonds. The van der Waals surface area contributed by atoms with Crippen LogP contribution in [0.15, 0.2) is 24.3 Å². The lowest BCUT2D eigenvalue weighted by atomic mass is 10.2. The third-order valence-corrected chi connectivity index (χ3v) is 3.06. The molecule has 76 valence electrons. The Hall–Kier alpha value is -0.470. The molecule has 14 heavy (non-hydrogen) atoms. The predicted molar refractivity (Wildman–Crippen MR) is 62.9 cm³/mol. The van der Waals surface area contributed by atoms with Crippen LogP contribution in [0, 0.1) is 0 Å². The van der Waals surface area contributed by atoms with E-state index in [9.17, 15) is 4.79 Å². The normalized spacial score (nSPS) is 10.1. The van der Waals surface area contributed by atoms with E-state index in [-0.39, 0.29) is 5.78 Å². The molecule has 0 heterocycles. The highest BCUT2D eigenvalue weighted by atomic mass is 35.5. The van der Waals surface area contributed by atoms with Crippen molar-refractivity contribution < 1.29 is 4.79 Å². The second-order valence-electron chi connectivity index (χ2n) is 3.13. The van der Waals surface area contributed by atoms with Gasteiger partial charge in [-0.3, -0.25) is 4.79 Å². The lowest BCUT2D eigenvalue weighted by molar-refractivity contribution is -0.116. The molecule has 0 radical (unpaired) electrons.